The van der Waals surface area contributed by atoms with Crippen LogP contribution in [0.2, 0.25) is 0 Å². The average Bonchev–Trinajstić information content (AvgIpc) is 2.35. The van der Waals surface area contributed by atoms with Crippen LogP contribution in [0.25, 0.3) is 0 Å². The Morgan fingerprint density at radius 2 is 1.88 bits per heavy atom. The second-order valence-corrected chi connectivity index (χ2v) is 6.53. The maximum Gasteiger partial charge on any atom is 0.411 e. The molecule has 2 aliphatic rings. The molecule has 2 aliphatic heterocycles. The molecule has 0 unspecified atom stereocenters. The molecule has 0 radical (unpaired) electrons. The number of nitrogens with zero attached hydrogens (tertiary/aromatic N) is 1. The molecule has 0 aromatic carbocycles. The van der Waals surface area contributed by atoms with Gasteiger partial charge in [-0.25, -0.2) is 4.79 Å². The van der Waals surface area contributed by atoms with Crippen molar-refractivity contribution in [1.82, 2.24) is 4.90 Å². The molecule has 1 amide bonds. The predicted octanol–water partition coefficient (Wildman–Crippen LogP) is 3.19. The van der Waals surface area contributed by atoms with Crippen LogP contribution in [0.15, 0.2) is 0 Å². The van der Waals surface area contributed by atoms with E-state index in [0.717, 1.165) is 19.4 Å². The van der Waals surface area contributed by atoms with E-state index >= 15 is 0 Å². The van der Waals surface area contributed by atoms with Gasteiger partial charge in [0.2, 0.25) is 0 Å². The summed E-state index contributed by atoms with van der Waals surface area (Å²) in [6, 6.07) is 0. The summed E-state index contributed by atoms with van der Waals surface area (Å²) >= 11 is 0. The topological polar surface area (TPSA) is 29.5 Å². The second-order valence-electron chi connectivity index (χ2n) is 6.53. The van der Waals surface area contributed by atoms with Crippen molar-refractivity contribution in [3.05, 3.63) is 0 Å². The second kappa shape index (κ2) is 3.14. The van der Waals surface area contributed by atoms with Crippen LogP contribution in [-0.2, 0) is 4.74 Å². The Balaban J connectivity index is 2.45. The molecular formula is C13H23NO2. The van der Waals surface area contributed by atoms with E-state index in [4.69, 9.17) is 4.74 Å². The summed E-state index contributed by atoms with van der Waals surface area (Å²) in [7, 11) is 0. The van der Waals surface area contributed by atoms with Crippen molar-refractivity contribution in [2.24, 2.45) is 5.41 Å². The Morgan fingerprint density at radius 3 is 2.44 bits per heavy atom. The van der Waals surface area contributed by atoms with Gasteiger partial charge in [0.05, 0.1) is 5.54 Å². The maximum absolute atomic E-state index is 12.0. The van der Waals surface area contributed by atoms with E-state index in [-0.39, 0.29) is 17.0 Å². The van der Waals surface area contributed by atoms with Crippen molar-refractivity contribution in [2.45, 2.75) is 65.0 Å². The van der Waals surface area contributed by atoms with Gasteiger partial charge in [0.15, 0.2) is 0 Å². The molecule has 3 nitrogen and oxygen atoms in total. The third-order valence-electron chi connectivity index (χ3n) is 4.86. The summed E-state index contributed by atoms with van der Waals surface area (Å²) in [6.07, 6.45) is 3.21. The lowest BCUT2D eigenvalue weighted by Crippen LogP contribution is -2.62. The fourth-order valence-electron chi connectivity index (χ4n) is 3.21. The van der Waals surface area contributed by atoms with Gasteiger partial charge < -0.3 is 4.74 Å². The molecule has 0 aromatic rings. The molecule has 0 aliphatic carbocycles. The fraction of sp³-hybridized carbons (Fsp3) is 0.923. The number of carbonyl (C=O) groups is 1. The Hall–Kier alpha value is -0.730. The first-order chi connectivity index (χ1) is 7.22. The summed E-state index contributed by atoms with van der Waals surface area (Å²) in [5.74, 6) is 0. The lowest BCUT2D eigenvalue weighted by Gasteiger charge is -2.50. The number of piperidine rings is 1. The normalized spacial score (nSPS) is 39.6. The summed E-state index contributed by atoms with van der Waals surface area (Å²) in [5.41, 5.74) is -0.568. The van der Waals surface area contributed by atoms with Crippen LogP contribution in [0.1, 0.15) is 53.9 Å². The predicted molar refractivity (Wildman–Crippen MR) is 63.3 cm³/mol. The van der Waals surface area contributed by atoms with Gasteiger partial charge >= 0.3 is 6.09 Å². The first-order valence-corrected chi connectivity index (χ1v) is 6.23. The highest BCUT2D eigenvalue weighted by Crippen LogP contribution is 2.53. The van der Waals surface area contributed by atoms with Crippen LogP contribution in [0.5, 0.6) is 0 Å². The third kappa shape index (κ3) is 1.23. The standard InChI is InChI=1S/C13H23NO2/c1-11(2,3)13(5)12(4)8-6-7-9-14(12)10(15)16-13/h6-9H2,1-5H3/t12-,13-/m0/s1. The molecule has 0 bridgehead atoms. The number of ether oxygens (including phenoxy) is 1. The van der Waals surface area contributed by atoms with Gasteiger partial charge in [-0.1, -0.05) is 20.8 Å². The number of fused-ring (bicyclic) bond motifs is 1. The highest BCUT2D eigenvalue weighted by Gasteiger charge is 2.64. The summed E-state index contributed by atoms with van der Waals surface area (Å²) in [4.78, 5) is 13.9. The van der Waals surface area contributed by atoms with Crippen molar-refractivity contribution in [3.63, 3.8) is 0 Å². The first-order valence-electron chi connectivity index (χ1n) is 6.23. The van der Waals surface area contributed by atoms with Crippen molar-refractivity contribution in [1.29, 1.82) is 0 Å². The van der Waals surface area contributed by atoms with Gasteiger partial charge in [-0.05, 0) is 33.1 Å². The smallest absolute Gasteiger partial charge is 0.411 e. The van der Waals surface area contributed by atoms with Gasteiger partial charge in [0, 0.05) is 12.0 Å². The molecule has 2 fully saturated rings. The quantitative estimate of drug-likeness (QED) is 0.633. The molecule has 16 heavy (non-hydrogen) atoms. The summed E-state index contributed by atoms with van der Waals surface area (Å²) < 4.78 is 5.75. The number of hydrogen-bond donors (Lipinski definition) is 0. The van der Waals surface area contributed by atoms with Gasteiger partial charge in [-0.2, -0.15) is 0 Å². The van der Waals surface area contributed by atoms with Crippen LogP contribution in [-0.4, -0.2) is 28.7 Å². The van der Waals surface area contributed by atoms with E-state index in [2.05, 4.69) is 34.6 Å². The van der Waals surface area contributed by atoms with Crippen molar-refractivity contribution >= 4 is 6.09 Å². The molecule has 2 atom stereocenters. The van der Waals surface area contributed by atoms with Gasteiger partial charge in [0.1, 0.15) is 5.60 Å². The molecule has 0 saturated carbocycles. The molecule has 0 spiro atoms. The van der Waals surface area contributed by atoms with E-state index < -0.39 is 5.60 Å². The molecule has 2 heterocycles. The van der Waals surface area contributed by atoms with Gasteiger partial charge in [0.25, 0.3) is 0 Å². The van der Waals surface area contributed by atoms with Crippen LogP contribution >= 0.6 is 0 Å². The van der Waals surface area contributed by atoms with E-state index in [1.807, 2.05) is 4.90 Å². The highest BCUT2D eigenvalue weighted by molar-refractivity contribution is 5.73. The molecule has 2 saturated heterocycles. The van der Waals surface area contributed by atoms with E-state index in [9.17, 15) is 4.79 Å². The lowest BCUT2D eigenvalue weighted by atomic mass is 9.64. The molecule has 3 heteroatoms. The Morgan fingerprint density at radius 1 is 1.25 bits per heavy atom. The SMILES string of the molecule is CC(C)(C)[C@]1(C)OC(=O)N2CCCC[C@]21C. The number of cyclic esters (lactones) is 1. The number of amides is 1. The lowest BCUT2D eigenvalue weighted by molar-refractivity contribution is -0.0854. The zero-order valence-electron chi connectivity index (χ0n) is 11.1. The van der Waals surface area contributed by atoms with Crippen LogP contribution < -0.4 is 0 Å². The Kier molecular flexibility index (Phi) is 2.31. The van der Waals surface area contributed by atoms with Crippen molar-refractivity contribution < 1.29 is 9.53 Å². The minimum absolute atomic E-state index is 0.0382. The zero-order valence-corrected chi connectivity index (χ0v) is 11.1. The Labute approximate surface area is 98.1 Å². The molecular weight excluding hydrogens is 202 g/mol. The highest BCUT2D eigenvalue weighted by atomic mass is 16.6. The molecule has 0 aromatic heterocycles. The third-order valence-corrected chi connectivity index (χ3v) is 4.86. The van der Waals surface area contributed by atoms with Gasteiger partial charge in [-0.3, -0.25) is 4.90 Å². The minimum Gasteiger partial charge on any atom is -0.440 e. The van der Waals surface area contributed by atoms with Crippen LogP contribution in [0.4, 0.5) is 4.79 Å². The monoisotopic (exact) mass is 225 g/mol. The largest absolute Gasteiger partial charge is 0.440 e. The minimum atomic E-state index is -0.391. The van der Waals surface area contributed by atoms with Crippen molar-refractivity contribution in [3.8, 4) is 0 Å². The van der Waals surface area contributed by atoms with E-state index in [1.54, 1.807) is 0 Å². The average molecular weight is 225 g/mol. The number of carbonyl (C=O) groups excluding carboxylic acids is 1. The van der Waals surface area contributed by atoms with E-state index in [1.165, 1.54) is 6.42 Å². The summed E-state index contributed by atoms with van der Waals surface area (Å²) in [5, 5.41) is 0. The van der Waals surface area contributed by atoms with E-state index in [0.29, 0.717) is 0 Å². The maximum atomic E-state index is 12.0. The molecule has 92 valence electrons. The van der Waals surface area contributed by atoms with Crippen LogP contribution in [0, 0.1) is 5.41 Å². The molecule has 2 rings (SSSR count). The van der Waals surface area contributed by atoms with Gasteiger partial charge in [-0.15, -0.1) is 0 Å². The zero-order chi connectivity index (χ0) is 12.2. The summed E-state index contributed by atoms with van der Waals surface area (Å²) in [6.45, 7) is 11.6. The fourth-order valence-corrected chi connectivity index (χ4v) is 3.21. The van der Waals surface area contributed by atoms with Crippen molar-refractivity contribution in [2.75, 3.05) is 6.54 Å². The Bertz CT molecular complexity index is 320. The van der Waals surface area contributed by atoms with Crippen LogP contribution in [0.3, 0.4) is 0 Å². The number of rotatable bonds is 0. The first kappa shape index (κ1) is 11.7. The molecule has 0 N–H and O–H groups in total. The number of hydrogen-bond acceptors (Lipinski definition) is 2.